The Hall–Kier alpha value is -2.43. The summed E-state index contributed by atoms with van der Waals surface area (Å²) in [5.41, 5.74) is 3.70. The lowest BCUT2D eigenvalue weighted by atomic mass is 9.67. The van der Waals surface area contributed by atoms with E-state index in [9.17, 15) is 9.59 Å². The zero-order valence-electron chi connectivity index (χ0n) is 19.0. The van der Waals surface area contributed by atoms with Crippen molar-refractivity contribution in [2.24, 2.45) is 16.3 Å². The number of hydrogen-bond acceptors (Lipinski definition) is 4. The minimum Gasteiger partial charge on any atom is -0.465 e. The van der Waals surface area contributed by atoms with Gasteiger partial charge in [0.1, 0.15) is 5.92 Å². The van der Waals surface area contributed by atoms with Gasteiger partial charge in [-0.2, -0.15) is 0 Å². The lowest BCUT2D eigenvalue weighted by Crippen LogP contribution is -2.39. The fraction of sp³-hybridized carbons (Fsp3) is 0.370. The highest BCUT2D eigenvalue weighted by Gasteiger charge is 2.46. The average Bonchev–Trinajstić information content (AvgIpc) is 2.74. The van der Waals surface area contributed by atoms with E-state index >= 15 is 0 Å². The molecule has 0 spiro atoms. The van der Waals surface area contributed by atoms with Gasteiger partial charge in [-0.3, -0.25) is 14.6 Å². The Morgan fingerprint density at radius 2 is 1.82 bits per heavy atom. The Bertz CT molecular complexity index is 1150. The first-order valence-corrected chi connectivity index (χ1v) is 11.9. The summed E-state index contributed by atoms with van der Waals surface area (Å²) >= 11 is 12.5. The first kappa shape index (κ1) is 23.7. The molecule has 33 heavy (non-hydrogen) atoms. The molecule has 1 aliphatic heterocycles. The quantitative estimate of drug-likeness (QED) is 0.450. The second-order valence-corrected chi connectivity index (χ2v) is 10.4. The molecule has 0 amide bonds. The van der Waals surface area contributed by atoms with Crippen LogP contribution in [0.25, 0.3) is 0 Å². The Morgan fingerprint density at radius 3 is 2.52 bits per heavy atom. The van der Waals surface area contributed by atoms with Crippen molar-refractivity contribution in [3.05, 3.63) is 81.0 Å². The number of rotatable bonds is 5. The number of benzene rings is 2. The highest BCUT2D eigenvalue weighted by molar-refractivity contribution is 6.42. The summed E-state index contributed by atoms with van der Waals surface area (Å²) in [5.74, 6) is -1.55. The summed E-state index contributed by atoms with van der Waals surface area (Å²) in [6.45, 7) is 6.23. The normalized spacial score (nSPS) is 22.0. The number of hydrogen-bond donors (Lipinski definition) is 0. The van der Waals surface area contributed by atoms with Gasteiger partial charge in [0, 0.05) is 35.7 Å². The molecule has 1 aliphatic carbocycles. The molecule has 0 fully saturated rings. The van der Waals surface area contributed by atoms with Crippen LogP contribution in [-0.2, 0) is 20.7 Å². The molecule has 0 N–H and O–H groups in total. The number of ether oxygens (including phenoxy) is 1. The van der Waals surface area contributed by atoms with Crippen LogP contribution in [0, 0.1) is 11.3 Å². The van der Waals surface area contributed by atoms with Crippen molar-refractivity contribution in [1.82, 2.24) is 0 Å². The van der Waals surface area contributed by atoms with Gasteiger partial charge in [0.25, 0.3) is 0 Å². The topological polar surface area (TPSA) is 55.7 Å². The molecule has 0 saturated carbocycles. The van der Waals surface area contributed by atoms with E-state index in [4.69, 9.17) is 32.9 Å². The minimum atomic E-state index is -0.693. The third-order valence-corrected chi connectivity index (χ3v) is 7.08. The standard InChI is InChI=1S/C27H27Cl2NO3/c1-16-23(26(32)33-12-11-17-7-5-4-6-8-17)24(18-9-10-19(28)20(29)13-18)25-21(30-16)14-27(2,3)15-22(25)31/h4-10,13,23-24H,11-12,14-15H2,1-3H3/t23?,24-/m0/s1. The van der Waals surface area contributed by atoms with Gasteiger partial charge in [-0.15, -0.1) is 0 Å². The Balaban J connectivity index is 1.68. The predicted octanol–water partition coefficient (Wildman–Crippen LogP) is 6.60. The second-order valence-electron chi connectivity index (χ2n) is 9.59. The predicted molar refractivity (Wildman–Crippen MR) is 132 cm³/mol. The van der Waals surface area contributed by atoms with Crippen molar-refractivity contribution >= 4 is 40.7 Å². The lowest BCUT2D eigenvalue weighted by Gasteiger charge is -2.39. The van der Waals surface area contributed by atoms with Crippen LogP contribution in [0.1, 0.15) is 50.7 Å². The number of allylic oxidation sites excluding steroid dienone is 2. The third kappa shape index (κ3) is 5.07. The summed E-state index contributed by atoms with van der Waals surface area (Å²) in [7, 11) is 0. The van der Waals surface area contributed by atoms with Crippen molar-refractivity contribution < 1.29 is 14.3 Å². The molecule has 4 nitrogen and oxygen atoms in total. The van der Waals surface area contributed by atoms with Crippen LogP contribution in [0.5, 0.6) is 0 Å². The molecule has 172 valence electrons. The van der Waals surface area contributed by atoms with Gasteiger partial charge >= 0.3 is 5.97 Å². The van der Waals surface area contributed by atoms with E-state index in [0.717, 1.165) is 16.8 Å². The Morgan fingerprint density at radius 1 is 1.09 bits per heavy atom. The van der Waals surface area contributed by atoms with E-state index in [1.165, 1.54) is 0 Å². The lowest BCUT2D eigenvalue weighted by molar-refractivity contribution is -0.146. The van der Waals surface area contributed by atoms with Gasteiger partial charge in [0.15, 0.2) is 5.78 Å². The molecule has 0 radical (unpaired) electrons. The van der Waals surface area contributed by atoms with Crippen LogP contribution in [-0.4, -0.2) is 24.1 Å². The number of aliphatic imine (C=N–C) groups is 1. The molecule has 2 aromatic rings. The number of carbonyl (C=O) groups is 2. The molecule has 1 heterocycles. The molecule has 2 aromatic carbocycles. The molecule has 0 aromatic heterocycles. The number of carbonyl (C=O) groups excluding carboxylic acids is 2. The molecule has 1 unspecified atom stereocenters. The zero-order valence-corrected chi connectivity index (χ0v) is 20.5. The van der Waals surface area contributed by atoms with Crippen molar-refractivity contribution in [3.8, 4) is 0 Å². The summed E-state index contributed by atoms with van der Waals surface area (Å²) in [5, 5.41) is 0.810. The SMILES string of the molecule is CC1=NC2=C(C(=O)CC(C)(C)C2)[C@@H](c2ccc(Cl)c(Cl)c2)C1C(=O)OCCc1ccccc1. The Kier molecular flexibility index (Phi) is 6.78. The summed E-state index contributed by atoms with van der Waals surface area (Å²) in [6, 6.07) is 15.1. The van der Waals surface area contributed by atoms with Gasteiger partial charge in [-0.05, 0) is 42.0 Å². The smallest absolute Gasteiger partial charge is 0.315 e. The Labute approximate surface area is 204 Å². The van der Waals surface area contributed by atoms with Crippen molar-refractivity contribution in [2.75, 3.05) is 6.61 Å². The first-order valence-electron chi connectivity index (χ1n) is 11.1. The average molecular weight is 484 g/mol. The first-order chi connectivity index (χ1) is 15.7. The minimum absolute atomic E-state index is 0.0238. The van der Waals surface area contributed by atoms with E-state index in [1.807, 2.05) is 43.3 Å². The van der Waals surface area contributed by atoms with Gasteiger partial charge < -0.3 is 4.74 Å². The maximum absolute atomic E-state index is 13.3. The molecule has 2 atom stereocenters. The summed E-state index contributed by atoms with van der Waals surface area (Å²) in [4.78, 5) is 31.4. The molecule has 4 rings (SSSR count). The van der Waals surface area contributed by atoms with Crippen molar-refractivity contribution in [1.29, 1.82) is 0 Å². The van der Waals surface area contributed by atoms with Crippen molar-refractivity contribution in [2.45, 2.75) is 46.0 Å². The van der Waals surface area contributed by atoms with E-state index in [0.29, 0.717) is 40.6 Å². The summed E-state index contributed by atoms with van der Waals surface area (Å²) in [6.07, 6.45) is 1.71. The van der Waals surface area contributed by atoms with Crippen molar-refractivity contribution in [3.63, 3.8) is 0 Å². The number of nitrogens with zero attached hydrogens (tertiary/aromatic N) is 1. The molecular formula is C27H27Cl2NO3. The van der Waals surface area contributed by atoms with Crippen LogP contribution in [0.15, 0.2) is 64.8 Å². The fourth-order valence-electron chi connectivity index (χ4n) is 4.82. The van der Waals surface area contributed by atoms with Crippen LogP contribution < -0.4 is 0 Å². The number of esters is 1. The third-order valence-electron chi connectivity index (χ3n) is 6.34. The molecule has 6 heteroatoms. The van der Waals surface area contributed by atoms with Crippen LogP contribution in [0.4, 0.5) is 0 Å². The van der Waals surface area contributed by atoms with Crippen LogP contribution in [0.2, 0.25) is 10.0 Å². The molecule has 0 saturated heterocycles. The molecule has 0 bridgehead atoms. The maximum atomic E-state index is 13.3. The highest BCUT2D eigenvalue weighted by Crippen LogP contribution is 2.48. The van der Waals surface area contributed by atoms with Gasteiger partial charge in [-0.1, -0.05) is 73.4 Å². The zero-order chi connectivity index (χ0) is 23.8. The van der Waals surface area contributed by atoms with Gasteiger partial charge in [0.2, 0.25) is 0 Å². The molecular weight excluding hydrogens is 457 g/mol. The van der Waals surface area contributed by atoms with Crippen LogP contribution in [0.3, 0.4) is 0 Å². The van der Waals surface area contributed by atoms with E-state index in [-0.39, 0.29) is 23.8 Å². The molecule has 2 aliphatic rings. The largest absolute Gasteiger partial charge is 0.465 e. The monoisotopic (exact) mass is 483 g/mol. The van der Waals surface area contributed by atoms with E-state index in [1.54, 1.807) is 12.1 Å². The highest BCUT2D eigenvalue weighted by atomic mass is 35.5. The maximum Gasteiger partial charge on any atom is 0.315 e. The number of halogens is 2. The number of Topliss-reactive ketones (excluding diaryl/α,β-unsaturated/α-hetero) is 1. The fourth-order valence-corrected chi connectivity index (χ4v) is 5.13. The van der Waals surface area contributed by atoms with E-state index < -0.39 is 11.8 Å². The van der Waals surface area contributed by atoms with Crippen LogP contribution >= 0.6 is 23.2 Å². The van der Waals surface area contributed by atoms with Gasteiger partial charge in [0.05, 0.1) is 16.7 Å². The summed E-state index contributed by atoms with van der Waals surface area (Å²) < 4.78 is 5.70. The number of ketones is 1. The van der Waals surface area contributed by atoms with E-state index in [2.05, 4.69) is 13.8 Å². The van der Waals surface area contributed by atoms with Gasteiger partial charge in [-0.25, -0.2) is 0 Å². The second kappa shape index (κ2) is 9.44.